The summed E-state index contributed by atoms with van der Waals surface area (Å²) in [5.41, 5.74) is 2.71. The lowest BCUT2D eigenvalue weighted by Crippen LogP contribution is -2.31. The van der Waals surface area contributed by atoms with Crippen molar-refractivity contribution in [3.05, 3.63) is 98.5 Å². The number of carbonyl (C=O) groups is 2. The molecular formula is C28H23Cl2N3O3S. The standard InChI is InChI=1S/C28H23Cl2N3O3S/c1-3-17-8-10-21(11-9-17)33-27(35)25(14-18-12-19(29)15-20(30)13-18)37-28(33)22(16-31)26(34)32-23-6-4-5-7-24(23)36-2/h4-13,15,25H,3,14H2,1-2H3,(H,32,34)/b28-22-. The van der Waals surface area contributed by atoms with Gasteiger partial charge < -0.3 is 10.1 Å². The smallest absolute Gasteiger partial charge is 0.269 e. The Labute approximate surface area is 229 Å². The average Bonchev–Trinajstić information content (AvgIpc) is 3.19. The largest absolute Gasteiger partial charge is 0.495 e. The number of benzene rings is 3. The van der Waals surface area contributed by atoms with Crippen LogP contribution in [0.25, 0.3) is 0 Å². The summed E-state index contributed by atoms with van der Waals surface area (Å²) in [5.74, 6) is -0.418. The molecule has 0 bridgehead atoms. The summed E-state index contributed by atoms with van der Waals surface area (Å²) < 4.78 is 5.31. The first kappa shape index (κ1) is 26.6. The van der Waals surface area contributed by atoms with Crippen LogP contribution in [0, 0.1) is 11.3 Å². The van der Waals surface area contributed by atoms with Gasteiger partial charge in [0.25, 0.3) is 5.91 Å². The first-order chi connectivity index (χ1) is 17.8. The molecule has 1 atom stereocenters. The van der Waals surface area contributed by atoms with Crippen molar-refractivity contribution in [2.24, 2.45) is 0 Å². The van der Waals surface area contributed by atoms with Crippen LogP contribution in [-0.4, -0.2) is 24.2 Å². The summed E-state index contributed by atoms with van der Waals surface area (Å²) in [6, 6.07) is 21.6. The third-order valence-corrected chi connectivity index (χ3v) is 7.51. The number of hydrogen-bond donors (Lipinski definition) is 1. The molecule has 3 aromatic rings. The Bertz CT molecular complexity index is 1400. The molecule has 0 aromatic heterocycles. The zero-order valence-corrected chi connectivity index (χ0v) is 22.5. The summed E-state index contributed by atoms with van der Waals surface area (Å²) >= 11 is 13.5. The number of carbonyl (C=O) groups excluding carboxylic acids is 2. The Morgan fingerprint density at radius 2 is 1.76 bits per heavy atom. The zero-order valence-electron chi connectivity index (χ0n) is 20.1. The number of hydrogen-bond acceptors (Lipinski definition) is 5. The molecular weight excluding hydrogens is 529 g/mol. The first-order valence-corrected chi connectivity index (χ1v) is 13.1. The van der Waals surface area contributed by atoms with E-state index in [1.807, 2.05) is 37.3 Å². The molecule has 1 saturated heterocycles. The van der Waals surface area contributed by atoms with Gasteiger partial charge in [-0.2, -0.15) is 5.26 Å². The van der Waals surface area contributed by atoms with Gasteiger partial charge in [-0.05, 0) is 66.4 Å². The van der Waals surface area contributed by atoms with Crippen molar-refractivity contribution in [1.29, 1.82) is 5.26 Å². The topological polar surface area (TPSA) is 82.4 Å². The second-order valence-corrected chi connectivity index (χ2v) is 10.3. The van der Waals surface area contributed by atoms with Crippen LogP contribution in [0.4, 0.5) is 11.4 Å². The monoisotopic (exact) mass is 551 g/mol. The summed E-state index contributed by atoms with van der Waals surface area (Å²) in [5, 5.41) is 13.4. The van der Waals surface area contributed by atoms with Crippen molar-refractivity contribution >= 4 is 58.2 Å². The number of aryl methyl sites for hydroxylation is 1. The Morgan fingerprint density at radius 3 is 2.38 bits per heavy atom. The number of thioether (sulfide) groups is 1. The van der Waals surface area contributed by atoms with Gasteiger partial charge in [-0.3, -0.25) is 14.5 Å². The predicted molar refractivity (Wildman–Crippen MR) is 149 cm³/mol. The van der Waals surface area contributed by atoms with E-state index in [2.05, 4.69) is 5.32 Å². The highest BCUT2D eigenvalue weighted by Gasteiger charge is 2.41. The predicted octanol–water partition coefficient (Wildman–Crippen LogP) is 6.63. The minimum absolute atomic E-state index is 0.171. The minimum Gasteiger partial charge on any atom is -0.495 e. The maximum absolute atomic E-state index is 13.7. The van der Waals surface area contributed by atoms with Gasteiger partial charge in [0.2, 0.25) is 5.91 Å². The first-order valence-electron chi connectivity index (χ1n) is 11.5. The van der Waals surface area contributed by atoms with E-state index in [0.717, 1.165) is 17.5 Å². The lowest BCUT2D eigenvalue weighted by atomic mass is 10.1. The van der Waals surface area contributed by atoms with E-state index >= 15 is 0 Å². The van der Waals surface area contributed by atoms with E-state index in [0.29, 0.717) is 33.6 Å². The molecule has 37 heavy (non-hydrogen) atoms. The molecule has 9 heteroatoms. The van der Waals surface area contributed by atoms with Gasteiger partial charge in [0.1, 0.15) is 22.4 Å². The maximum atomic E-state index is 13.7. The second-order valence-electron chi connectivity index (χ2n) is 8.23. The van der Waals surface area contributed by atoms with Crippen molar-refractivity contribution in [2.75, 3.05) is 17.3 Å². The number of nitriles is 1. The van der Waals surface area contributed by atoms with E-state index in [1.165, 1.54) is 23.8 Å². The van der Waals surface area contributed by atoms with Crippen LogP contribution >= 0.6 is 35.0 Å². The van der Waals surface area contributed by atoms with Crippen LogP contribution in [0.2, 0.25) is 10.0 Å². The Balaban J connectivity index is 1.75. The van der Waals surface area contributed by atoms with Crippen LogP contribution in [0.1, 0.15) is 18.1 Å². The molecule has 0 saturated carbocycles. The number of ether oxygens (including phenoxy) is 1. The third kappa shape index (κ3) is 5.94. The van der Waals surface area contributed by atoms with Gasteiger partial charge in [-0.25, -0.2) is 0 Å². The molecule has 1 unspecified atom stereocenters. The highest BCUT2D eigenvalue weighted by molar-refractivity contribution is 8.05. The molecule has 2 amide bonds. The van der Waals surface area contributed by atoms with Crippen molar-refractivity contribution < 1.29 is 14.3 Å². The zero-order chi connectivity index (χ0) is 26.5. The lowest BCUT2D eigenvalue weighted by molar-refractivity contribution is -0.117. The number of amides is 2. The molecule has 3 aromatic carbocycles. The maximum Gasteiger partial charge on any atom is 0.269 e. The Kier molecular flexibility index (Phi) is 8.45. The number of rotatable bonds is 7. The Morgan fingerprint density at radius 1 is 1.08 bits per heavy atom. The fourth-order valence-corrected chi connectivity index (χ4v) is 5.86. The van der Waals surface area contributed by atoms with Gasteiger partial charge in [0.15, 0.2) is 0 Å². The van der Waals surface area contributed by atoms with E-state index in [1.54, 1.807) is 42.5 Å². The number of halogens is 2. The van der Waals surface area contributed by atoms with Gasteiger partial charge >= 0.3 is 0 Å². The van der Waals surface area contributed by atoms with Crippen molar-refractivity contribution in [3.63, 3.8) is 0 Å². The van der Waals surface area contributed by atoms with Crippen LogP contribution in [0.3, 0.4) is 0 Å². The van der Waals surface area contributed by atoms with Crippen LogP contribution in [-0.2, 0) is 22.4 Å². The molecule has 0 aliphatic carbocycles. The Hall–Kier alpha value is -3.44. The van der Waals surface area contributed by atoms with Crippen molar-refractivity contribution in [1.82, 2.24) is 0 Å². The fraction of sp³-hybridized carbons (Fsp3) is 0.179. The molecule has 1 N–H and O–H groups in total. The lowest BCUT2D eigenvalue weighted by Gasteiger charge is -2.19. The average molecular weight is 552 g/mol. The van der Waals surface area contributed by atoms with Gasteiger partial charge in [-0.1, -0.05) is 66.2 Å². The minimum atomic E-state index is -0.635. The quantitative estimate of drug-likeness (QED) is 0.263. The summed E-state index contributed by atoms with van der Waals surface area (Å²) in [6.07, 6.45) is 1.16. The van der Waals surface area contributed by atoms with E-state index in [-0.39, 0.29) is 16.5 Å². The number of methoxy groups -OCH3 is 1. The van der Waals surface area contributed by atoms with Gasteiger partial charge in [-0.15, -0.1) is 0 Å². The van der Waals surface area contributed by atoms with Crippen LogP contribution < -0.4 is 15.0 Å². The van der Waals surface area contributed by atoms with E-state index in [9.17, 15) is 14.9 Å². The third-order valence-electron chi connectivity index (χ3n) is 5.81. The van der Waals surface area contributed by atoms with E-state index in [4.69, 9.17) is 27.9 Å². The summed E-state index contributed by atoms with van der Waals surface area (Å²) in [4.78, 5) is 28.4. The molecule has 1 aliphatic heterocycles. The van der Waals surface area contributed by atoms with Crippen molar-refractivity contribution in [2.45, 2.75) is 25.0 Å². The fourth-order valence-electron chi connectivity index (χ4n) is 3.98. The van der Waals surface area contributed by atoms with E-state index < -0.39 is 11.2 Å². The highest BCUT2D eigenvalue weighted by Crippen LogP contribution is 2.42. The molecule has 1 aliphatic rings. The second kappa shape index (κ2) is 11.7. The molecule has 6 nitrogen and oxygen atoms in total. The molecule has 188 valence electrons. The van der Waals surface area contributed by atoms with Gasteiger partial charge in [0.05, 0.1) is 18.0 Å². The van der Waals surface area contributed by atoms with Gasteiger partial charge in [0, 0.05) is 15.7 Å². The molecule has 1 heterocycles. The van der Waals surface area contributed by atoms with Crippen LogP contribution in [0.15, 0.2) is 77.3 Å². The van der Waals surface area contributed by atoms with Crippen LogP contribution in [0.5, 0.6) is 5.75 Å². The highest BCUT2D eigenvalue weighted by atomic mass is 35.5. The number of nitrogens with one attached hydrogen (secondary N) is 1. The number of para-hydroxylation sites is 2. The molecule has 0 spiro atoms. The van der Waals surface area contributed by atoms with Crippen molar-refractivity contribution in [3.8, 4) is 11.8 Å². The SMILES string of the molecule is CCc1ccc(N2C(=O)C(Cc3cc(Cl)cc(Cl)c3)S/C2=C(/C#N)C(=O)Nc2ccccc2OC)cc1. The summed E-state index contributed by atoms with van der Waals surface area (Å²) in [7, 11) is 1.49. The number of anilines is 2. The normalized spacial score (nSPS) is 16.4. The number of nitrogens with zero attached hydrogens (tertiary/aromatic N) is 2. The molecule has 1 fully saturated rings. The molecule has 0 radical (unpaired) electrons. The summed E-state index contributed by atoms with van der Waals surface area (Å²) in [6.45, 7) is 2.04. The molecule has 4 rings (SSSR count).